The fraction of sp³-hybridized carbons (Fsp3) is 0.600. The minimum atomic E-state index is -0.496. The molecule has 0 radical (unpaired) electrons. The number of thiophene rings is 1. The van der Waals surface area contributed by atoms with Gasteiger partial charge in [0.15, 0.2) is 0 Å². The molecule has 1 unspecified atom stereocenters. The van der Waals surface area contributed by atoms with Crippen LogP contribution in [0.5, 0.6) is 0 Å². The van der Waals surface area contributed by atoms with E-state index in [4.69, 9.17) is 0 Å². The van der Waals surface area contributed by atoms with Crippen molar-refractivity contribution in [3.8, 4) is 0 Å². The third-order valence-electron chi connectivity index (χ3n) is 3.62. The first-order chi connectivity index (χ1) is 10.1. The van der Waals surface area contributed by atoms with E-state index in [1.807, 2.05) is 31.4 Å². The van der Waals surface area contributed by atoms with E-state index in [1.165, 1.54) is 0 Å². The van der Waals surface area contributed by atoms with Crippen molar-refractivity contribution in [2.24, 2.45) is 5.92 Å². The lowest BCUT2D eigenvalue weighted by Crippen LogP contribution is -2.46. The van der Waals surface area contributed by atoms with Crippen LogP contribution in [0.15, 0.2) is 17.5 Å². The van der Waals surface area contributed by atoms with E-state index < -0.39 is 11.8 Å². The lowest BCUT2D eigenvalue weighted by atomic mass is 10.0. The molecular weight excluding hydrogens is 286 g/mol. The summed E-state index contributed by atoms with van der Waals surface area (Å²) in [6, 6.07) is 3.85. The molecule has 0 bridgehead atoms. The highest BCUT2D eigenvalue weighted by Crippen LogP contribution is 2.25. The van der Waals surface area contributed by atoms with Crippen LogP contribution in [0.2, 0.25) is 0 Å². The van der Waals surface area contributed by atoms with Crippen LogP contribution in [0.3, 0.4) is 0 Å². The van der Waals surface area contributed by atoms with Crippen LogP contribution >= 0.6 is 11.3 Å². The lowest BCUT2D eigenvalue weighted by molar-refractivity contribution is -0.146. The molecule has 1 atom stereocenters. The molecule has 21 heavy (non-hydrogen) atoms. The van der Waals surface area contributed by atoms with E-state index in [0.29, 0.717) is 13.1 Å². The van der Waals surface area contributed by atoms with Gasteiger partial charge in [-0.3, -0.25) is 9.59 Å². The summed E-state index contributed by atoms with van der Waals surface area (Å²) in [5, 5.41) is 8.11. The fourth-order valence-corrected chi connectivity index (χ4v) is 3.38. The average molecular weight is 309 g/mol. The zero-order valence-electron chi connectivity index (χ0n) is 12.6. The summed E-state index contributed by atoms with van der Waals surface area (Å²) < 4.78 is 0. The second kappa shape index (κ2) is 7.56. The molecule has 1 aliphatic rings. The molecule has 2 amide bonds. The Kier molecular flexibility index (Phi) is 5.76. The Balaban J connectivity index is 1.99. The van der Waals surface area contributed by atoms with E-state index in [-0.39, 0.29) is 12.0 Å². The van der Waals surface area contributed by atoms with Gasteiger partial charge in [0, 0.05) is 24.5 Å². The highest BCUT2D eigenvalue weighted by atomic mass is 32.1. The van der Waals surface area contributed by atoms with Crippen molar-refractivity contribution in [3.63, 3.8) is 0 Å². The highest BCUT2D eigenvalue weighted by molar-refractivity contribution is 7.10. The molecular formula is C15H23N3O2S. The zero-order valence-corrected chi connectivity index (χ0v) is 13.4. The van der Waals surface area contributed by atoms with Gasteiger partial charge in [0.2, 0.25) is 0 Å². The molecule has 0 spiro atoms. The maximum atomic E-state index is 12.3. The second-order valence-corrected chi connectivity index (χ2v) is 6.59. The largest absolute Gasteiger partial charge is 0.340 e. The van der Waals surface area contributed by atoms with Gasteiger partial charge in [-0.1, -0.05) is 19.9 Å². The van der Waals surface area contributed by atoms with Gasteiger partial charge >= 0.3 is 11.8 Å². The van der Waals surface area contributed by atoms with Crippen LogP contribution in [0, 0.1) is 5.92 Å². The van der Waals surface area contributed by atoms with E-state index in [0.717, 1.165) is 24.4 Å². The maximum absolute atomic E-state index is 12.3. The Morgan fingerprint density at radius 1 is 1.33 bits per heavy atom. The summed E-state index contributed by atoms with van der Waals surface area (Å²) in [6.45, 7) is 6.98. The Bertz CT molecular complexity index is 465. The third kappa shape index (κ3) is 4.28. The Hall–Kier alpha value is -1.40. The summed E-state index contributed by atoms with van der Waals surface area (Å²) in [5.74, 6) is -0.670. The predicted octanol–water partition coefficient (Wildman–Crippen LogP) is 1.38. The molecule has 2 rings (SSSR count). The van der Waals surface area contributed by atoms with Crippen molar-refractivity contribution in [2.75, 3.05) is 26.2 Å². The van der Waals surface area contributed by atoms with Crippen molar-refractivity contribution in [1.82, 2.24) is 15.5 Å². The quantitative estimate of drug-likeness (QED) is 0.829. The minimum absolute atomic E-state index is 0.105. The number of hydrogen-bond acceptors (Lipinski definition) is 4. The monoisotopic (exact) mass is 309 g/mol. The first kappa shape index (κ1) is 16.0. The summed E-state index contributed by atoms with van der Waals surface area (Å²) >= 11 is 1.60. The molecule has 6 heteroatoms. The van der Waals surface area contributed by atoms with E-state index >= 15 is 0 Å². The molecule has 2 heterocycles. The number of nitrogens with one attached hydrogen (secondary N) is 2. The Morgan fingerprint density at radius 2 is 2.14 bits per heavy atom. The number of carbonyl (C=O) groups excluding carboxylic acids is 2. The normalized spacial score (nSPS) is 17.4. The molecule has 0 saturated carbocycles. The van der Waals surface area contributed by atoms with Gasteiger partial charge in [-0.05, 0) is 30.3 Å². The van der Waals surface area contributed by atoms with Gasteiger partial charge in [0.1, 0.15) is 0 Å². The van der Waals surface area contributed by atoms with Gasteiger partial charge in [0.05, 0.1) is 6.04 Å². The van der Waals surface area contributed by atoms with Crippen molar-refractivity contribution in [2.45, 2.75) is 26.3 Å². The standard InChI is InChI=1S/C15H23N3O2S/c1-11(2)13(12-5-3-10-21-12)17-14(19)15(20)18-8-4-6-16-7-9-18/h3,5,10-11,13,16H,4,6-9H2,1-2H3,(H,17,19). The number of nitrogens with zero attached hydrogens (tertiary/aromatic N) is 1. The van der Waals surface area contributed by atoms with E-state index in [2.05, 4.69) is 10.6 Å². The van der Waals surface area contributed by atoms with Crippen molar-refractivity contribution in [3.05, 3.63) is 22.4 Å². The van der Waals surface area contributed by atoms with Crippen LogP contribution < -0.4 is 10.6 Å². The highest BCUT2D eigenvalue weighted by Gasteiger charge is 2.26. The molecule has 1 saturated heterocycles. The topological polar surface area (TPSA) is 61.4 Å². The molecule has 5 nitrogen and oxygen atoms in total. The molecule has 0 aliphatic carbocycles. The lowest BCUT2D eigenvalue weighted by Gasteiger charge is -2.24. The van der Waals surface area contributed by atoms with Gasteiger partial charge in [-0.2, -0.15) is 0 Å². The molecule has 1 aromatic heterocycles. The molecule has 2 N–H and O–H groups in total. The molecule has 0 aromatic carbocycles. The fourth-order valence-electron chi connectivity index (χ4n) is 2.43. The van der Waals surface area contributed by atoms with Crippen LogP contribution in [0.1, 0.15) is 31.2 Å². The first-order valence-electron chi connectivity index (χ1n) is 7.43. The van der Waals surface area contributed by atoms with Crippen molar-refractivity contribution in [1.29, 1.82) is 0 Å². The number of amides is 2. The Labute approximate surface area is 129 Å². The minimum Gasteiger partial charge on any atom is -0.340 e. The van der Waals surface area contributed by atoms with Crippen LogP contribution in [-0.4, -0.2) is 42.9 Å². The van der Waals surface area contributed by atoms with Crippen molar-refractivity contribution >= 4 is 23.2 Å². The van der Waals surface area contributed by atoms with Crippen molar-refractivity contribution < 1.29 is 9.59 Å². The third-order valence-corrected chi connectivity index (χ3v) is 4.58. The van der Waals surface area contributed by atoms with Gasteiger partial charge < -0.3 is 15.5 Å². The Morgan fingerprint density at radius 3 is 2.81 bits per heavy atom. The van der Waals surface area contributed by atoms with Gasteiger partial charge in [-0.25, -0.2) is 0 Å². The number of rotatable bonds is 3. The number of hydrogen-bond donors (Lipinski definition) is 2. The van der Waals surface area contributed by atoms with E-state index in [9.17, 15) is 9.59 Å². The summed E-state index contributed by atoms with van der Waals surface area (Å²) in [5.41, 5.74) is 0. The molecule has 116 valence electrons. The SMILES string of the molecule is CC(C)C(NC(=O)C(=O)N1CCCNCC1)c1cccs1. The van der Waals surface area contributed by atoms with Crippen LogP contribution in [0.4, 0.5) is 0 Å². The summed E-state index contributed by atoms with van der Waals surface area (Å²) in [7, 11) is 0. The van der Waals surface area contributed by atoms with Crippen LogP contribution in [-0.2, 0) is 9.59 Å². The van der Waals surface area contributed by atoms with Gasteiger partial charge in [0.25, 0.3) is 0 Å². The second-order valence-electron chi connectivity index (χ2n) is 5.61. The average Bonchev–Trinajstić information content (AvgIpc) is 2.85. The molecule has 1 aromatic rings. The van der Waals surface area contributed by atoms with Gasteiger partial charge in [-0.15, -0.1) is 11.3 Å². The molecule has 1 aliphatic heterocycles. The van der Waals surface area contributed by atoms with E-state index in [1.54, 1.807) is 16.2 Å². The van der Waals surface area contributed by atoms with Crippen LogP contribution in [0.25, 0.3) is 0 Å². The summed E-state index contributed by atoms with van der Waals surface area (Å²) in [4.78, 5) is 27.2. The molecule has 1 fully saturated rings. The first-order valence-corrected chi connectivity index (χ1v) is 8.31. The maximum Gasteiger partial charge on any atom is 0.311 e. The zero-order chi connectivity index (χ0) is 15.2. The number of carbonyl (C=O) groups is 2. The smallest absolute Gasteiger partial charge is 0.311 e. The predicted molar refractivity (Wildman–Crippen MR) is 84.1 cm³/mol. The summed E-state index contributed by atoms with van der Waals surface area (Å²) in [6.07, 6.45) is 0.886.